The summed E-state index contributed by atoms with van der Waals surface area (Å²) in [7, 11) is 0. The lowest BCUT2D eigenvalue weighted by Crippen LogP contribution is -2.60. The zero-order chi connectivity index (χ0) is 24.0. The van der Waals surface area contributed by atoms with Gasteiger partial charge in [-0.15, -0.1) is 0 Å². The SMILES string of the molecule is N#CC1(N(C(=O)[CH]CC2(C(N)=O)CCCCC2)C2CCCC(c3ccccc3)C2)CCNCC1. The highest BCUT2D eigenvalue weighted by Gasteiger charge is 2.47. The summed E-state index contributed by atoms with van der Waals surface area (Å²) in [6.45, 7) is 1.47. The molecule has 1 aromatic rings. The molecule has 3 N–H and O–H groups in total. The van der Waals surface area contributed by atoms with E-state index in [1.165, 1.54) is 5.56 Å². The largest absolute Gasteiger partial charge is 0.369 e. The highest BCUT2D eigenvalue weighted by atomic mass is 16.2. The minimum absolute atomic E-state index is 0.0244. The molecule has 2 amide bonds. The summed E-state index contributed by atoms with van der Waals surface area (Å²) in [6, 6.07) is 13.1. The van der Waals surface area contributed by atoms with Crippen molar-refractivity contribution >= 4 is 11.8 Å². The number of rotatable bonds is 7. The lowest BCUT2D eigenvalue weighted by Gasteiger charge is -2.48. The van der Waals surface area contributed by atoms with Crippen LogP contribution in [0.4, 0.5) is 0 Å². The molecule has 34 heavy (non-hydrogen) atoms. The zero-order valence-corrected chi connectivity index (χ0v) is 20.3. The fourth-order valence-electron chi connectivity index (χ4n) is 6.57. The van der Waals surface area contributed by atoms with Crippen molar-refractivity contribution in [2.75, 3.05) is 13.1 Å². The Bertz CT molecular complexity index is 881. The van der Waals surface area contributed by atoms with Crippen LogP contribution in [-0.2, 0) is 9.59 Å². The average Bonchev–Trinajstić information content (AvgIpc) is 2.89. The molecule has 3 fully saturated rings. The molecule has 0 spiro atoms. The first-order valence-electron chi connectivity index (χ1n) is 13.1. The van der Waals surface area contributed by atoms with E-state index in [-0.39, 0.29) is 17.9 Å². The molecule has 0 aromatic heterocycles. The molecule has 1 aromatic carbocycles. The van der Waals surface area contributed by atoms with Crippen LogP contribution in [0.3, 0.4) is 0 Å². The second-order valence-electron chi connectivity index (χ2n) is 10.6. The Morgan fingerprint density at radius 2 is 1.76 bits per heavy atom. The van der Waals surface area contributed by atoms with E-state index >= 15 is 0 Å². The van der Waals surface area contributed by atoms with E-state index in [1.807, 2.05) is 11.0 Å². The Hall–Kier alpha value is -2.39. The Morgan fingerprint density at radius 1 is 1.06 bits per heavy atom. The molecule has 3 aliphatic rings. The molecule has 1 saturated heterocycles. The number of hydrogen-bond donors (Lipinski definition) is 2. The van der Waals surface area contributed by atoms with Gasteiger partial charge >= 0.3 is 0 Å². The molecule has 2 atom stereocenters. The van der Waals surface area contributed by atoms with Crippen LogP contribution in [0.15, 0.2) is 30.3 Å². The van der Waals surface area contributed by atoms with Gasteiger partial charge < -0.3 is 16.0 Å². The van der Waals surface area contributed by atoms with Crippen LogP contribution in [0.2, 0.25) is 0 Å². The summed E-state index contributed by atoms with van der Waals surface area (Å²) in [6.07, 6.45) is 11.9. The number of piperidine rings is 1. The number of carbonyl (C=O) groups excluding carboxylic acids is 2. The molecule has 6 nitrogen and oxygen atoms in total. The smallest absolute Gasteiger partial charge is 0.228 e. The van der Waals surface area contributed by atoms with Crippen LogP contribution in [0.5, 0.6) is 0 Å². The fraction of sp³-hybridized carbons (Fsp3) is 0.643. The third-order valence-corrected chi connectivity index (χ3v) is 8.62. The minimum Gasteiger partial charge on any atom is -0.369 e. The number of nitrogens with two attached hydrogens (primary N) is 1. The van der Waals surface area contributed by atoms with Gasteiger partial charge in [-0.2, -0.15) is 5.26 Å². The van der Waals surface area contributed by atoms with Crippen molar-refractivity contribution in [3.05, 3.63) is 42.3 Å². The minimum atomic E-state index is -0.797. The van der Waals surface area contributed by atoms with Crippen molar-refractivity contribution in [3.63, 3.8) is 0 Å². The topological polar surface area (TPSA) is 99.2 Å². The van der Waals surface area contributed by atoms with Gasteiger partial charge in [-0.25, -0.2) is 0 Å². The maximum Gasteiger partial charge on any atom is 0.228 e. The number of hydrogen-bond acceptors (Lipinski definition) is 4. The number of benzene rings is 1. The number of amides is 2. The Morgan fingerprint density at radius 3 is 2.41 bits per heavy atom. The Labute approximate surface area is 204 Å². The van der Waals surface area contributed by atoms with Crippen LogP contribution in [0, 0.1) is 23.2 Å². The first kappa shape index (κ1) is 24.7. The highest BCUT2D eigenvalue weighted by molar-refractivity contribution is 5.88. The van der Waals surface area contributed by atoms with Crippen molar-refractivity contribution in [2.24, 2.45) is 11.1 Å². The van der Waals surface area contributed by atoms with E-state index in [2.05, 4.69) is 35.7 Å². The summed E-state index contributed by atoms with van der Waals surface area (Å²) >= 11 is 0. The van der Waals surface area contributed by atoms with E-state index in [9.17, 15) is 14.9 Å². The predicted molar refractivity (Wildman–Crippen MR) is 132 cm³/mol. The molecule has 4 rings (SSSR count). The van der Waals surface area contributed by atoms with Crippen LogP contribution in [0.1, 0.15) is 88.5 Å². The highest BCUT2D eigenvalue weighted by Crippen LogP contribution is 2.42. The van der Waals surface area contributed by atoms with Gasteiger partial charge in [0.15, 0.2) is 0 Å². The van der Waals surface area contributed by atoms with Gasteiger partial charge in [0, 0.05) is 11.5 Å². The van der Waals surface area contributed by atoms with Crippen LogP contribution in [0.25, 0.3) is 0 Å². The van der Waals surface area contributed by atoms with Gasteiger partial charge in [0.05, 0.1) is 12.5 Å². The van der Waals surface area contributed by atoms with Gasteiger partial charge in [-0.1, -0.05) is 56.0 Å². The molecular weight excluding hydrogens is 424 g/mol. The van der Waals surface area contributed by atoms with E-state index < -0.39 is 11.0 Å². The van der Waals surface area contributed by atoms with Gasteiger partial charge in [-0.3, -0.25) is 9.59 Å². The molecule has 1 radical (unpaired) electrons. The third-order valence-electron chi connectivity index (χ3n) is 8.62. The molecule has 6 heteroatoms. The molecule has 0 bridgehead atoms. The van der Waals surface area contributed by atoms with E-state index in [1.54, 1.807) is 6.42 Å². The number of nitrogens with one attached hydrogen (secondary N) is 1. The second kappa shape index (κ2) is 10.9. The number of nitrogens with zero attached hydrogens (tertiary/aromatic N) is 2. The lowest BCUT2D eigenvalue weighted by atomic mass is 9.70. The van der Waals surface area contributed by atoms with Crippen molar-refractivity contribution in [1.29, 1.82) is 5.26 Å². The van der Waals surface area contributed by atoms with Crippen molar-refractivity contribution in [2.45, 2.75) is 94.5 Å². The monoisotopic (exact) mass is 463 g/mol. The van der Waals surface area contributed by atoms with Crippen LogP contribution >= 0.6 is 0 Å². The maximum absolute atomic E-state index is 13.9. The average molecular weight is 464 g/mol. The summed E-state index contributed by atoms with van der Waals surface area (Å²) in [5, 5.41) is 13.7. The predicted octanol–water partition coefficient (Wildman–Crippen LogP) is 4.22. The van der Waals surface area contributed by atoms with E-state index in [0.29, 0.717) is 25.2 Å². The van der Waals surface area contributed by atoms with Crippen LogP contribution < -0.4 is 11.1 Å². The van der Waals surface area contributed by atoms with Crippen molar-refractivity contribution in [3.8, 4) is 6.07 Å². The summed E-state index contributed by atoms with van der Waals surface area (Å²) in [5.74, 6) is 0.0119. The molecule has 2 saturated carbocycles. The summed E-state index contributed by atoms with van der Waals surface area (Å²) in [4.78, 5) is 28.2. The van der Waals surface area contributed by atoms with Crippen molar-refractivity contribution < 1.29 is 9.59 Å². The molecule has 183 valence electrons. The number of primary amides is 1. The first-order chi connectivity index (χ1) is 16.5. The molecule has 1 aliphatic heterocycles. The van der Waals surface area contributed by atoms with Gasteiger partial charge in [0.1, 0.15) is 5.54 Å². The quantitative estimate of drug-likeness (QED) is 0.632. The molecule has 2 aliphatic carbocycles. The fourth-order valence-corrected chi connectivity index (χ4v) is 6.57. The maximum atomic E-state index is 13.9. The Kier molecular flexibility index (Phi) is 7.93. The molecule has 2 unspecified atom stereocenters. The standard InChI is InChI=1S/C28H39N4O2/c29-21-28(16-18-31-19-17-28)32(24-11-7-10-23(20-24)22-8-3-1-4-9-22)25(33)12-15-27(26(30)34)13-5-2-6-14-27/h1,3-4,8-9,12,23-24,31H,2,5-7,10-11,13-20H2,(H2,30,34). The lowest BCUT2D eigenvalue weighted by molar-refractivity contribution is -0.138. The Balaban J connectivity index is 1.57. The number of carbonyl (C=O) groups is 2. The van der Waals surface area contributed by atoms with Gasteiger partial charge in [-0.05, 0) is 75.9 Å². The summed E-state index contributed by atoms with van der Waals surface area (Å²) < 4.78 is 0. The third kappa shape index (κ3) is 5.15. The van der Waals surface area contributed by atoms with Gasteiger partial charge in [0.2, 0.25) is 11.8 Å². The van der Waals surface area contributed by atoms with E-state index in [0.717, 1.165) is 70.9 Å². The molecular formula is C28H39N4O2. The normalized spacial score (nSPS) is 26.2. The van der Waals surface area contributed by atoms with Crippen molar-refractivity contribution in [1.82, 2.24) is 10.2 Å². The van der Waals surface area contributed by atoms with Gasteiger partial charge in [0.25, 0.3) is 0 Å². The number of nitriles is 1. The zero-order valence-electron chi connectivity index (χ0n) is 20.3. The van der Waals surface area contributed by atoms with Crippen LogP contribution in [-0.4, -0.2) is 41.4 Å². The second-order valence-corrected chi connectivity index (χ2v) is 10.6. The first-order valence-corrected chi connectivity index (χ1v) is 13.1. The summed E-state index contributed by atoms with van der Waals surface area (Å²) in [5.41, 5.74) is 5.74. The van der Waals surface area contributed by atoms with E-state index in [4.69, 9.17) is 5.73 Å². The molecule has 1 heterocycles.